The van der Waals surface area contributed by atoms with Crippen molar-refractivity contribution >= 4 is 28.2 Å². The molecule has 1 N–H and O–H groups in total. The predicted molar refractivity (Wildman–Crippen MR) is 170 cm³/mol. The number of amides is 1. The van der Waals surface area contributed by atoms with Crippen LogP contribution in [0.15, 0.2) is 73.0 Å². The van der Waals surface area contributed by atoms with Crippen molar-refractivity contribution in [2.24, 2.45) is 5.92 Å². The first kappa shape index (κ1) is 34.5. The van der Waals surface area contributed by atoms with Gasteiger partial charge in [-0.05, 0) is 67.9 Å². The number of fused-ring (bicyclic) bond motifs is 1. The highest BCUT2D eigenvalue weighted by Crippen LogP contribution is 2.26. The lowest BCUT2D eigenvalue weighted by molar-refractivity contribution is -0.0878. The highest BCUT2D eigenvalue weighted by atomic mass is 19.4. The van der Waals surface area contributed by atoms with E-state index in [9.17, 15) is 22.8 Å². The first-order chi connectivity index (χ1) is 20.9. The number of alkyl halides is 3. The summed E-state index contributed by atoms with van der Waals surface area (Å²) in [5, 5.41) is 8.58. The molecular formula is C35H42F3N3O3. The molecule has 0 aliphatic rings. The molecule has 0 saturated heterocycles. The third-order valence-corrected chi connectivity index (χ3v) is 7.67. The Morgan fingerprint density at radius 1 is 1.11 bits per heavy atom. The number of rotatable bonds is 16. The molecule has 44 heavy (non-hydrogen) atoms. The van der Waals surface area contributed by atoms with E-state index in [0.29, 0.717) is 36.6 Å². The van der Waals surface area contributed by atoms with Crippen molar-refractivity contribution in [1.82, 2.24) is 15.1 Å². The predicted octanol–water partition coefficient (Wildman–Crippen LogP) is 8.27. The number of carbonyl (C=O) groups excluding carboxylic acids is 2. The number of carbonyl (C=O) groups is 2. The summed E-state index contributed by atoms with van der Waals surface area (Å²) in [6, 6.07) is 10.8. The number of aryl methyl sites for hydroxylation is 1. The van der Waals surface area contributed by atoms with E-state index >= 15 is 0 Å². The fourth-order valence-corrected chi connectivity index (χ4v) is 5.10. The summed E-state index contributed by atoms with van der Waals surface area (Å²) in [4.78, 5) is 25.5. The van der Waals surface area contributed by atoms with Gasteiger partial charge >= 0.3 is 6.18 Å². The summed E-state index contributed by atoms with van der Waals surface area (Å²) in [6.07, 6.45) is 5.52. The van der Waals surface area contributed by atoms with Gasteiger partial charge in [0.2, 0.25) is 0 Å². The topological polar surface area (TPSA) is 73.2 Å². The van der Waals surface area contributed by atoms with Crippen molar-refractivity contribution in [3.63, 3.8) is 0 Å². The van der Waals surface area contributed by atoms with Gasteiger partial charge in [-0.25, -0.2) is 0 Å². The molecule has 0 radical (unpaired) electrons. The first-order valence-corrected chi connectivity index (χ1v) is 14.9. The highest BCUT2D eigenvalue weighted by Gasteiger charge is 2.29. The molecule has 1 amide bonds. The number of aromatic nitrogens is 2. The van der Waals surface area contributed by atoms with Gasteiger partial charge < -0.3 is 10.1 Å². The number of hydrogen-bond donors (Lipinski definition) is 1. The van der Waals surface area contributed by atoms with Crippen LogP contribution in [0.1, 0.15) is 77.8 Å². The largest absolute Gasteiger partial charge is 0.415 e. The van der Waals surface area contributed by atoms with E-state index in [4.69, 9.17) is 9.84 Å². The monoisotopic (exact) mass is 609 g/mol. The van der Waals surface area contributed by atoms with Crippen LogP contribution >= 0.6 is 0 Å². The molecule has 1 aromatic heterocycles. The second kappa shape index (κ2) is 16.2. The number of nitrogens with zero attached hydrogens (tertiary/aromatic N) is 2. The Bertz CT molecular complexity index is 1500. The Kier molecular flexibility index (Phi) is 12.7. The lowest BCUT2D eigenvalue weighted by Gasteiger charge is -2.16. The summed E-state index contributed by atoms with van der Waals surface area (Å²) in [5.41, 5.74) is 3.67. The van der Waals surface area contributed by atoms with Crippen LogP contribution in [0.25, 0.3) is 16.5 Å². The molecule has 1 heterocycles. The highest BCUT2D eigenvalue weighted by molar-refractivity contribution is 6.00. The average molecular weight is 610 g/mol. The van der Waals surface area contributed by atoms with Crippen LogP contribution < -0.4 is 5.32 Å². The number of methoxy groups -OCH3 is 1. The van der Waals surface area contributed by atoms with E-state index in [0.717, 1.165) is 65.9 Å². The molecule has 9 heteroatoms. The lowest BCUT2D eigenvalue weighted by Crippen LogP contribution is -2.27. The first-order valence-electron chi connectivity index (χ1n) is 14.9. The minimum atomic E-state index is -4.45. The molecule has 0 bridgehead atoms. The average Bonchev–Trinajstić information content (AvgIpc) is 3.40. The van der Waals surface area contributed by atoms with Crippen molar-refractivity contribution in [2.75, 3.05) is 20.3 Å². The zero-order chi connectivity index (χ0) is 32.3. The van der Waals surface area contributed by atoms with Crippen LogP contribution in [0, 0.1) is 12.8 Å². The van der Waals surface area contributed by atoms with Gasteiger partial charge in [-0.15, -0.1) is 0 Å². The molecule has 0 aliphatic heterocycles. The molecule has 0 aliphatic carbocycles. The van der Waals surface area contributed by atoms with Crippen molar-refractivity contribution < 1.29 is 27.5 Å². The van der Waals surface area contributed by atoms with Crippen LogP contribution in [-0.2, 0) is 11.3 Å². The maximum absolute atomic E-state index is 12.9. The maximum Gasteiger partial charge on any atom is 0.415 e. The summed E-state index contributed by atoms with van der Waals surface area (Å²) >= 11 is 0. The Morgan fingerprint density at radius 2 is 1.82 bits per heavy atom. The quantitative estimate of drug-likeness (QED) is 0.101. The van der Waals surface area contributed by atoms with Crippen LogP contribution in [0.4, 0.5) is 13.2 Å². The third-order valence-electron chi connectivity index (χ3n) is 7.67. The van der Waals surface area contributed by atoms with E-state index in [1.807, 2.05) is 42.1 Å². The number of hydrogen-bond acceptors (Lipinski definition) is 4. The van der Waals surface area contributed by atoms with Crippen LogP contribution in [0.5, 0.6) is 0 Å². The van der Waals surface area contributed by atoms with Gasteiger partial charge in [0.25, 0.3) is 5.91 Å². The molecule has 236 valence electrons. The molecule has 6 nitrogen and oxygen atoms in total. The molecule has 0 saturated carbocycles. The SMILES string of the molecule is C=C(/C=C\C=C(/C)c1ccc(C(=O)CCCC(CCC)Cn2cc3c(C)c(C(=O)NCCOC)ccc3n2)cc1)C(F)(F)F. The van der Waals surface area contributed by atoms with Gasteiger partial charge in [0.1, 0.15) is 0 Å². The van der Waals surface area contributed by atoms with Crippen LogP contribution in [0.2, 0.25) is 0 Å². The summed E-state index contributed by atoms with van der Waals surface area (Å²) in [7, 11) is 1.59. The van der Waals surface area contributed by atoms with E-state index in [1.54, 1.807) is 32.2 Å². The lowest BCUT2D eigenvalue weighted by atomic mass is 9.94. The fraction of sp³-hybridized carbons (Fsp3) is 0.400. The molecule has 1 atom stereocenters. The van der Waals surface area contributed by atoms with E-state index in [1.165, 1.54) is 6.08 Å². The zero-order valence-electron chi connectivity index (χ0n) is 26.0. The Morgan fingerprint density at radius 3 is 2.48 bits per heavy atom. The minimum absolute atomic E-state index is 0.0616. The molecule has 0 spiro atoms. The van der Waals surface area contributed by atoms with E-state index in [2.05, 4.69) is 18.8 Å². The van der Waals surface area contributed by atoms with Crippen molar-refractivity contribution in [1.29, 1.82) is 0 Å². The van der Waals surface area contributed by atoms with Gasteiger partial charge in [0.05, 0.1) is 12.1 Å². The van der Waals surface area contributed by atoms with Crippen LogP contribution in [0.3, 0.4) is 0 Å². The molecule has 3 rings (SSSR count). The van der Waals surface area contributed by atoms with Gasteiger partial charge in [-0.2, -0.15) is 18.3 Å². The zero-order valence-corrected chi connectivity index (χ0v) is 26.0. The van der Waals surface area contributed by atoms with Crippen molar-refractivity contribution in [3.05, 3.63) is 95.2 Å². The van der Waals surface area contributed by atoms with Crippen molar-refractivity contribution in [3.8, 4) is 0 Å². The molecular weight excluding hydrogens is 567 g/mol. The molecule has 3 aromatic rings. The number of benzene rings is 2. The number of ether oxygens (including phenoxy) is 1. The molecule has 0 fully saturated rings. The van der Waals surface area contributed by atoms with Gasteiger partial charge in [0.15, 0.2) is 5.78 Å². The van der Waals surface area contributed by atoms with Gasteiger partial charge in [-0.3, -0.25) is 14.3 Å². The summed E-state index contributed by atoms with van der Waals surface area (Å²) < 4.78 is 44.7. The number of nitrogens with one attached hydrogen (secondary N) is 1. The second-order valence-electron chi connectivity index (χ2n) is 11.1. The summed E-state index contributed by atoms with van der Waals surface area (Å²) in [6.45, 7) is 10.5. The van der Waals surface area contributed by atoms with E-state index < -0.39 is 11.7 Å². The number of allylic oxidation sites excluding steroid dienone is 5. The summed E-state index contributed by atoms with van der Waals surface area (Å²) in [5.74, 6) is 0.287. The normalized spacial score (nSPS) is 13.0. The van der Waals surface area contributed by atoms with Gasteiger partial charge in [0, 0.05) is 54.9 Å². The number of Topliss-reactive ketones (excluding diaryl/α,β-unsaturated/α-hetero) is 1. The molecule has 1 unspecified atom stereocenters. The third kappa shape index (κ3) is 9.77. The Balaban J connectivity index is 1.57. The molecule has 2 aromatic carbocycles. The second-order valence-corrected chi connectivity index (χ2v) is 11.1. The van der Waals surface area contributed by atoms with Crippen molar-refractivity contribution in [2.45, 2.75) is 65.6 Å². The minimum Gasteiger partial charge on any atom is -0.383 e. The van der Waals surface area contributed by atoms with Crippen LogP contribution in [-0.4, -0.2) is 47.9 Å². The number of ketones is 1. The smallest absolute Gasteiger partial charge is 0.383 e. The standard InChI is InChI=1S/C35H42F3N3O3/c1-6-9-27(22-41-23-31-26(4)30(18-19-32(31)40-41)34(43)39-20-21-44-5)12-8-13-33(42)29-16-14-28(15-17-29)24(2)10-7-11-25(3)35(36,37)38/h7,10-11,14-19,23,27H,3,6,8-9,12-13,20-22H2,1-2,4-5H3,(H,39,43)/b11-7-,24-10+. The number of halogens is 3. The van der Waals surface area contributed by atoms with E-state index in [-0.39, 0.29) is 11.7 Å². The maximum atomic E-state index is 12.9. The fourth-order valence-electron chi connectivity index (χ4n) is 5.10. The Hall–Kier alpha value is -3.98. The Labute approximate surface area is 257 Å². The van der Waals surface area contributed by atoms with Gasteiger partial charge in [-0.1, -0.05) is 62.4 Å².